The van der Waals surface area contributed by atoms with Gasteiger partial charge in [-0.2, -0.15) is 0 Å². The van der Waals surface area contributed by atoms with Crippen molar-refractivity contribution in [1.82, 2.24) is 0 Å². The summed E-state index contributed by atoms with van der Waals surface area (Å²) in [7, 11) is 0. The molecule has 0 radical (unpaired) electrons. The smallest absolute Gasteiger partial charge is 0.303 e. The number of rotatable bonds is 7. The zero-order valence-corrected chi connectivity index (χ0v) is 7.53. The third-order valence-corrected chi connectivity index (χ3v) is 1.72. The van der Waals surface area contributed by atoms with Crippen molar-refractivity contribution in [1.29, 1.82) is 0 Å². The van der Waals surface area contributed by atoms with Crippen molar-refractivity contribution in [3.05, 3.63) is 12.7 Å². The molecule has 4 nitrogen and oxygen atoms in total. The number of carbonyl (C=O) groups excluding carboxylic acids is 1. The van der Waals surface area contributed by atoms with E-state index in [2.05, 4.69) is 6.58 Å². The van der Waals surface area contributed by atoms with E-state index in [4.69, 9.17) is 10.8 Å². The molecule has 0 rings (SSSR count). The molecule has 0 aromatic heterocycles. The van der Waals surface area contributed by atoms with E-state index in [9.17, 15) is 9.59 Å². The van der Waals surface area contributed by atoms with E-state index >= 15 is 0 Å². The Bertz CT molecular complexity index is 201. The first-order valence-corrected chi connectivity index (χ1v) is 4.21. The lowest BCUT2D eigenvalue weighted by Crippen LogP contribution is -2.28. The number of carbonyl (C=O) groups is 2. The molecule has 1 atom stereocenters. The van der Waals surface area contributed by atoms with Gasteiger partial charge in [0.25, 0.3) is 0 Å². The van der Waals surface area contributed by atoms with E-state index in [1.54, 1.807) is 0 Å². The van der Waals surface area contributed by atoms with Crippen LogP contribution < -0.4 is 5.73 Å². The zero-order chi connectivity index (χ0) is 10.3. The monoisotopic (exact) mass is 185 g/mol. The quantitative estimate of drug-likeness (QED) is 0.452. The molecule has 0 aliphatic carbocycles. The summed E-state index contributed by atoms with van der Waals surface area (Å²) in [5, 5.41) is 8.32. The molecular formula is C9H15NO3. The average Bonchev–Trinajstić information content (AvgIpc) is 2.10. The van der Waals surface area contributed by atoms with Gasteiger partial charge in [0.15, 0.2) is 5.78 Å². The van der Waals surface area contributed by atoms with Crippen LogP contribution in [0.5, 0.6) is 0 Å². The van der Waals surface area contributed by atoms with Crippen LogP contribution in [0, 0.1) is 0 Å². The van der Waals surface area contributed by atoms with E-state index in [-0.39, 0.29) is 12.2 Å². The minimum Gasteiger partial charge on any atom is -0.481 e. The second kappa shape index (κ2) is 6.37. The lowest BCUT2D eigenvalue weighted by Gasteiger charge is -2.05. The highest BCUT2D eigenvalue weighted by molar-refractivity contribution is 5.93. The molecular weight excluding hydrogens is 170 g/mol. The van der Waals surface area contributed by atoms with E-state index < -0.39 is 12.0 Å². The van der Waals surface area contributed by atoms with Gasteiger partial charge in [0, 0.05) is 6.42 Å². The Morgan fingerprint density at radius 1 is 1.46 bits per heavy atom. The van der Waals surface area contributed by atoms with Crippen LogP contribution in [-0.2, 0) is 9.59 Å². The number of unbranched alkanes of at least 4 members (excludes halogenated alkanes) is 1. The number of ketones is 1. The van der Waals surface area contributed by atoms with Crippen LogP contribution in [-0.4, -0.2) is 22.9 Å². The van der Waals surface area contributed by atoms with Gasteiger partial charge >= 0.3 is 5.97 Å². The molecule has 13 heavy (non-hydrogen) atoms. The summed E-state index contributed by atoms with van der Waals surface area (Å²) in [6.45, 7) is 3.31. The molecule has 0 spiro atoms. The summed E-state index contributed by atoms with van der Waals surface area (Å²) in [4.78, 5) is 21.0. The van der Waals surface area contributed by atoms with Gasteiger partial charge in [-0.1, -0.05) is 13.0 Å². The van der Waals surface area contributed by atoms with Gasteiger partial charge in [0.1, 0.15) is 0 Å². The van der Waals surface area contributed by atoms with Gasteiger partial charge < -0.3 is 10.8 Å². The highest BCUT2D eigenvalue weighted by atomic mass is 16.4. The molecule has 0 saturated carbocycles. The molecule has 0 bridgehead atoms. The second-order valence-electron chi connectivity index (χ2n) is 2.85. The normalized spacial score (nSPS) is 12.1. The minimum absolute atomic E-state index is 0.134. The van der Waals surface area contributed by atoms with Crippen molar-refractivity contribution in [2.75, 3.05) is 0 Å². The van der Waals surface area contributed by atoms with Crippen LogP contribution in [0.3, 0.4) is 0 Å². The Kier molecular flexibility index (Phi) is 5.80. The molecule has 0 aliphatic heterocycles. The predicted octanol–water partition coefficient (Wildman–Crippen LogP) is 0.714. The minimum atomic E-state index is -0.816. The van der Waals surface area contributed by atoms with Gasteiger partial charge in [0.2, 0.25) is 0 Å². The van der Waals surface area contributed by atoms with Crippen molar-refractivity contribution in [3.63, 3.8) is 0 Å². The van der Waals surface area contributed by atoms with Gasteiger partial charge in [-0.25, -0.2) is 0 Å². The first kappa shape index (κ1) is 11.8. The number of hydrogen-bond donors (Lipinski definition) is 2. The summed E-state index contributed by atoms with van der Waals surface area (Å²) in [5.74, 6) is -1.00. The third kappa shape index (κ3) is 6.04. The standard InChI is InChI=1S/C9H15NO3/c1-2-8(11)7(10)5-3-4-6-9(12)13/h2,7H,1,3-6,10H2,(H,12,13). The number of carboxylic acids is 1. The lowest BCUT2D eigenvalue weighted by atomic mass is 10.1. The van der Waals surface area contributed by atoms with E-state index in [1.165, 1.54) is 6.08 Å². The second-order valence-corrected chi connectivity index (χ2v) is 2.85. The van der Waals surface area contributed by atoms with Crippen LogP contribution in [0.25, 0.3) is 0 Å². The van der Waals surface area contributed by atoms with Crippen molar-refractivity contribution < 1.29 is 14.7 Å². The lowest BCUT2D eigenvalue weighted by molar-refractivity contribution is -0.137. The molecule has 0 heterocycles. The maximum atomic E-state index is 10.9. The number of aliphatic carboxylic acids is 1. The van der Waals surface area contributed by atoms with Crippen LogP contribution in [0.4, 0.5) is 0 Å². The van der Waals surface area contributed by atoms with Gasteiger partial charge in [-0.3, -0.25) is 9.59 Å². The van der Waals surface area contributed by atoms with Crippen molar-refractivity contribution >= 4 is 11.8 Å². The third-order valence-electron chi connectivity index (χ3n) is 1.72. The summed E-state index contributed by atoms with van der Waals surface area (Å²) in [5.41, 5.74) is 5.48. The summed E-state index contributed by atoms with van der Waals surface area (Å²) in [6.07, 6.45) is 3.08. The first-order valence-electron chi connectivity index (χ1n) is 4.21. The number of hydrogen-bond acceptors (Lipinski definition) is 3. The zero-order valence-electron chi connectivity index (χ0n) is 7.53. The Labute approximate surface area is 77.4 Å². The molecule has 0 aliphatic rings. The van der Waals surface area contributed by atoms with Crippen LogP contribution >= 0.6 is 0 Å². The molecule has 0 aromatic carbocycles. The van der Waals surface area contributed by atoms with Gasteiger partial charge in [0.05, 0.1) is 6.04 Å². The molecule has 0 aromatic rings. The fourth-order valence-corrected chi connectivity index (χ4v) is 0.934. The molecule has 4 heteroatoms. The van der Waals surface area contributed by atoms with Crippen LogP contribution in [0.2, 0.25) is 0 Å². The van der Waals surface area contributed by atoms with Crippen molar-refractivity contribution in [3.8, 4) is 0 Å². The summed E-state index contributed by atoms with van der Waals surface area (Å²) in [6, 6.07) is -0.522. The average molecular weight is 185 g/mol. The highest BCUT2D eigenvalue weighted by Gasteiger charge is 2.08. The van der Waals surface area contributed by atoms with Crippen molar-refractivity contribution in [2.45, 2.75) is 31.7 Å². The van der Waals surface area contributed by atoms with Crippen molar-refractivity contribution in [2.24, 2.45) is 5.73 Å². The fraction of sp³-hybridized carbons (Fsp3) is 0.556. The van der Waals surface area contributed by atoms with Gasteiger partial charge in [-0.05, 0) is 18.9 Å². The molecule has 0 saturated heterocycles. The molecule has 74 valence electrons. The van der Waals surface area contributed by atoms with E-state index in [0.717, 1.165) is 0 Å². The van der Waals surface area contributed by atoms with E-state index in [0.29, 0.717) is 19.3 Å². The molecule has 0 fully saturated rings. The first-order chi connectivity index (χ1) is 6.07. The Morgan fingerprint density at radius 3 is 2.54 bits per heavy atom. The predicted molar refractivity (Wildman–Crippen MR) is 49.3 cm³/mol. The Balaban J connectivity index is 3.47. The number of nitrogens with two attached hydrogens (primary N) is 1. The van der Waals surface area contributed by atoms with Gasteiger partial charge in [-0.15, -0.1) is 0 Å². The maximum Gasteiger partial charge on any atom is 0.303 e. The maximum absolute atomic E-state index is 10.9. The van der Waals surface area contributed by atoms with E-state index in [1.807, 2.05) is 0 Å². The molecule has 3 N–H and O–H groups in total. The summed E-state index contributed by atoms with van der Waals surface area (Å²) >= 11 is 0. The SMILES string of the molecule is C=CC(=O)C(N)CCCCC(=O)O. The Hall–Kier alpha value is -1.16. The number of carboxylic acid groups (broad SMARTS) is 1. The van der Waals surface area contributed by atoms with Crippen LogP contribution in [0.15, 0.2) is 12.7 Å². The topological polar surface area (TPSA) is 80.4 Å². The molecule has 1 unspecified atom stereocenters. The van der Waals surface area contributed by atoms with Crippen LogP contribution in [0.1, 0.15) is 25.7 Å². The Morgan fingerprint density at radius 2 is 2.08 bits per heavy atom. The fourth-order valence-electron chi connectivity index (χ4n) is 0.934. The summed E-state index contributed by atoms with van der Waals surface area (Å²) < 4.78 is 0. The largest absolute Gasteiger partial charge is 0.481 e. The highest BCUT2D eigenvalue weighted by Crippen LogP contribution is 2.03. The molecule has 0 amide bonds.